The molecule has 1 aromatic carbocycles. The van der Waals surface area contributed by atoms with Gasteiger partial charge in [0.1, 0.15) is 0 Å². The van der Waals surface area contributed by atoms with E-state index in [1.807, 2.05) is 5.32 Å². The van der Waals surface area contributed by atoms with Crippen molar-refractivity contribution in [1.29, 1.82) is 0 Å². The third-order valence-electron chi connectivity index (χ3n) is 2.51. The Hall–Kier alpha value is -0.980. The van der Waals surface area contributed by atoms with E-state index in [0.29, 0.717) is 15.6 Å². The van der Waals surface area contributed by atoms with Crippen LogP contribution in [0.25, 0.3) is 0 Å². The second-order valence-corrected chi connectivity index (χ2v) is 4.94. The number of hydrogen-bond acceptors (Lipinski definition) is 2. The van der Waals surface area contributed by atoms with Gasteiger partial charge in [-0.1, -0.05) is 29.3 Å². The number of amides is 1. The van der Waals surface area contributed by atoms with Crippen LogP contribution in [-0.4, -0.2) is 29.8 Å². The van der Waals surface area contributed by atoms with Crippen molar-refractivity contribution >= 4 is 29.1 Å². The average Bonchev–Trinajstić information content (AvgIpc) is 2.33. The summed E-state index contributed by atoms with van der Waals surface area (Å²) in [5.41, 5.74) is 0.669. The van der Waals surface area contributed by atoms with Gasteiger partial charge in [0.05, 0.1) is 6.54 Å². The molecule has 1 aromatic rings. The zero-order valence-corrected chi connectivity index (χ0v) is 11.7. The molecule has 8 heteroatoms. The van der Waals surface area contributed by atoms with Gasteiger partial charge in [0.15, 0.2) is 6.10 Å². The molecular weight excluding hydrogens is 318 g/mol. The fourth-order valence-corrected chi connectivity index (χ4v) is 1.89. The smallest absolute Gasteiger partial charge is 0.382 e. The Morgan fingerprint density at radius 1 is 1.35 bits per heavy atom. The van der Waals surface area contributed by atoms with E-state index in [-0.39, 0.29) is 12.8 Å². The second kappa shape index (κ2) is 7.15. The predicted molar refractivity (Wildman–Crippen MR) is 69.9 cm³/mol. The normalized spacial score (nSPS) is 13.1. The van der Waals surface area contributed by atoms with E-state index < -0.39 is 24.7 Å². The first-order valence-corrected chi connectivity index (χ1v) is 6.41. The monoisotopic (exact) mass is 329 g/mol. The lowest BCUT2D eigenvalue weighted by molar-refractivity contribution is -0.201. The molecule has 1 rings (SSSR count). The Bertz CT molecular complexity index is 480. The van der Waals surface area contributed by atoms with Crippen LogP contribution in [0.5, 0.6) is 0 Å². The largest absolute Gasteiger partial charge is 0.416 e. The van der Waals surface area contributed by atoms with Crippen LogP contribution in [0.1, 0.15) is 12.0 Å². The quantitative estimate of drug-likeness (QED) is 0.872. The fourth-order valence-electron chi connectivity index (χ4n) is 1.39. The van der Waals surface area contributed by atoms with E-state index in [1.54, 1.807) is 12.1 Å². The van der Waals surface area contributed by atoms with Crippen LogP contribution < -0.4 is 5.32 Å². The summed E-state index contributed by atoms with van der Waals surface area (Å²) in [6.45, 7) is -0.864. The Labute approximate surface area is 123 Å². The summed E-state index contributed by atoms with van der Waals surface area (Å²) in [7, 11) is 0. The zero-order valence-electron chi connectivity index (χ0n) is 10.2. The van der Waals surface area contributed by atoms with Crippen molar-refractivity contribution in [3.05, 3.63) is 33.8 Å². The van der Waals surface area contributed by atoms with Gasteiger partial charge < -0.3 is 10.4 Å². The summed E-state index contributed by atoms with van der Waals surface area (Å²) in [6.07, 6.45) is -7.08. The van der Waals surface area contributed by atoms with Crippen LogP contribution in [0.2, 0.25) is 10.0 Å². The van der Waals surface area contributed by atoms with Crippen molar-refractivity contribution < 1.29 is 23.1 Å². The predicted octanol–water partition coefficient (Wildman–Crippen LogP) is 2.97. The van der Waals surface area contributed by atoms with E-state index in [1.165, 1.54) is 6.07 Å². The highest BCUT2D eigenvalue weighted by molar-refractivity contribution is 6.35. The van der Waals surface area contributed by atoms with Crippen LogP contribution >= 0.6 is 23.2 Å². The van der Waals surface area contributed by atoms with Crippen LogP contribution in [-0.2, 0) is 11.2 Å². The van der Waals surface area contributed by atoms with Crippen LogP contribution in [0.15, 0.2) is 18.2 Å². The summed E-state index contributed by atoms with van der Waals surface area (Å²) in [5, 5.41) is 11.6. The number of carbonyl (C=O) groups is 1. The molecule has 0 aliphatic carbocycles. The van der Waals surface area contributed by atoms with Gasteiger partial charge in [-0.2, -0.15) is 13.2 Å². The van der Waals surface area contributed by atoms with Gasteiger partial charge in [-0.05, 0) is 24.1 Å². The van der Waals surface area contributed by atoms with Crippen molar-refractivity contribution in [2.24, 2.45) is 0 Å². The highest BCUT2D eigenvalue weighted by Crippen LogP contribution is 2.22. The van der Waals surface area contributed by atoms with Crippen molar-refractivity contribution in [3.63, 3.8) is 0 Å². The first kappa shape index (κ1) is 17.1. The molecule has 0 saturated heterocycles. The second-order valence-electron chi connectivity index (χ2n) is 4.10. The lowest BCUT2D eigenvalue weighted by Crippen LogP contribution is -2.40. The maximum absolute atomic E-state index is 12.0. The molecule has 0 heterocycles. The van der Waals surface area contributed by atoms with Crippen molar-refractivity contribution in [2.45, 2.75) is 25.1 Å². The number of benzene rings is 1. The average molecular weight is 330 g/mol. The topological polar surface area (TPSA) is 49.3 Å². The Kier molecular flexibility index (Phi) is 6.10. The van der Waals surface area contributed by atoms with Gasteiger partial charge in [0, 0.05) is 16.5 Å². The van der Waals surface area contributed by atoms with Gasteiger partial charge in [-0.15, -0.1) is 0 Å². The van der Waals surface area contributed by atoms with E-state index in [0.717, 1.165) is 0 Å². The number of aryl methyl sites for hydroxylation is 1. The number of aliphatic hydroxyl groups excluding tert-OH is 1. The molecule has 0 radical (unpaired) electrons. The van der Waals surface area contributed by atoms with Crippen LogP contribution in [0.3, 0.4) is 0 Å². The summed E-state index contributed by atoms with van der Waals surface area (Å²) in [6, 6.07) is 4.76. The zero-order chi connectivity index (χ0) is 15.3. The molecule has 1 unspecified atom stereocenters. The molecule has 0 aliphatic heterocycles. The highest BCUT2D eigenvalue weighted by atomic mass is 35.5. The fraction of sp³-hybridized carbons (Fsp3) is 0.417. The van der Waals surface area contributed by atoms with Gasteiger partial charge in [-0.25, -0.2) is 0 Å². The molecule has 20 heavy (non-hydrogen) atoms. The van der Waals surface area contributed by atoms with Crippen molar-refractivity contribution in [3.8, 4) is 0 Å². The lowest BCUT2D eigenvalue weighted by Gasteiger charge is -2.15. The van der Waals surface area contributed by atoms with Gasteiger partial charge in [0.25, 0.3) is 0 Å². The first-order chi connectivity index (χ1) is 9.20. The minimum absolute atomic E-state index is 0.0358. The molecule has 0 aliphatic rings. The highest BCUT2D eigenvalue weighted by Gasteiger charge is 2.38. The van der Waals surface area contributed by atoms with E-state index in [2.05, 4.69) is 0 Å². The molecule has 2 N–H and O–H groups in total. The van der Waals surface area contributed by atoms with Crippen molar-refractivity contribution in [1.82, 2.24) is 5.32 Å². The van der Waals surface area contributed by atoms with Gasteiger partial charge in [0.2, 0.25) is 5.91 Å². The molecule has 3 nitrogen and oxygen atoms in total. The van der Waals surface area contributed by atoms with Crippen LogP contribution in [0.4, 0.5) is 13.2 Å². The SMILES string of the molecule is O=C(CCc1ccc(Cl)cc1Cl)NCC(O)C(F)(F)F. The number of carbonyl (C=O) groups excluding carboxylic acids is 1. The Morgan fingerprint density at radius 2 is 2.00 bits per heavy atom. The molecule has 0 bridgehead atoms. The molecule has 0 saturated carbocycles. The van der Waals surface area contributed by atoms with E-state index >= 15 is 0 Å². The third kappa shape index (κ3) is 5.56. The molecule has 0 spiro atoms. The maximum Gasteiger partial charge on any atom is 0.416 e. The maximum atomic E-state index is 12.0. The number of halogens is 5. The van der Waals surface area contributed by atoms with E-state index in [4.69, 9.17) is 28.3 Å². The van der Waals surface area contributed by atoms with Gasteiger partial charge >= 0.3 is 6.18 Å². The van der Waals surface area contributed by atoms with Crippen LogP contribution in [0, 0.1) is 0 Å². The van der Waals surface area contributed by atoms with E-state index in [9.17, 15) is 18.0 Å². The number of nitrogens with one attached hydrogen (secondary N) is 1. The van der Waals surface area contributed by atoms with Gasteiger partial charge in [-0.3, -0.25) is 4.79 Å². The molecule has 1 atom stereocenters. The number of aliphatic hydroxyl groups is 1. The number of hydrogen-bond donors (Lipinski definition) is 2. The lowest BCUT2D eigenvalue weighted by atomic mass is 10.1. The summed E-state index contributed by atoms with van der Waals surface area (Å²) < 4.78 is 36.0. The molecule has 0 aromatic heterocycles. The summed E-state index contributed by atoms with van der Waals surface area (Å²) in [5.74, 6) is -0.598. The third-order valence-corrected chi connectivity index (χ3v) is 3.09. The summed E-state index contributed by atoms with van der Waals surface area (Å²) in [4.78, 5) is 11.4. The Morgan fingerprint density at radius 3 is 2.55 bits per heavy atom. The summed E-state index contributed by atoms with van der Waals surface area (Å²) >= 11 is 11.6. The molecule has 0 fully saturated rings. The number of alkyl halides is 3. The molecule has 1 amide bonds. The standard InChI is InChI=1S/C12H12Cl2F3NO2/c13-8-3-1-7(9(14)5-8)2-4-11(20)18-6-10(19)12(15,16)17/h1,3,5,10,19H,2,4,6H2,(H,18,20). The molecular formula is C12H12Cl2F3NO2. The first-order valence-electron chi connectivity index (χ1n) is 5.65. The minimum atomic E-state index is -4.74. The number of rotatable bonds is 5. The van der Waals surface area contributed by atoms with Crippen molar-refractivity contribution in [2.75, 3.05) is 6.54 Å². The molecule has 112 valence electrons. The Balaban J connectivity index is 2.40. The minimum Gasteiger partial charge on any atom is -0.382 e.